The molecular weight excluding hydrogens is 397 g/mol. The number of aromatic nitrogens is 4. The van der Waals surface area contributed by atoms with Crippen LogP contribution in [-0.2, 0) is 18.0 Å². The number of aryl methyl sites for hydroxylation is 1. The van der Waals surface area contributed by atoms with Crippen LogP contribution < -0.4 is 5.32 Å². The molecule has 3 heterocycles. The number of amides is 1. The van der Waals surface area contributed by atoms with Crippen LogP contribution in [0.2, 0.25) is 0 Å². The normalized spacial score (nSPS) is 17.4. The molecule has 1 aliphatic rings. The van der Waals surface area contributed by atoms with Crippen molar-refractivity contribution in [2.45, 2.75) is 25.1 Å². The van der Waals surface area contributed by atoms with E-state index in [1.165, 1.54) is 23.4 Å². The number of nitrogens with one attached hydrogen (secondary N) is 1. The Balaban J connectivity index is 1.55. The Bertz CT molecular complexity index is 1030. The third kappa shape index (κ3) is 4.09. The largest absolute Gasteiger partial charge is 0.416 e. The van der Waals surface area contributed by atoms with Crippen molar-refractivity contribution in [1.29, 1.82) is 0 Å². The molecular formula is C20H21F3N6O. The summed E-state index contributed by atoms with van der Waals surface area (Å²) in [6.07, 6.45) is 1.96. The molecule has 30 heavy (non-hydrogen) atoms. The van der Waals surface area contributed by atoms with Crippen molar-refractivity contribution in [1.82, 2.24) is 24.2 Å². The number of alkyl halides is 3. The summed E-state index contributed by atoms with van der Waals surface area (Å²) in [5.74, 6) is -0.378. The van der Waals surface area contributed by atoms with Crippen molar-refractivity contribution in [3.05, 3.63) is 60.4 Å². The summed E-state index contributed by atoms with van der Waals surface area (Å²) in [5.41, 5.74) is 0.622. The van der Waals surface area contributed by atoms with E-state index in [0.717, 1.165) is 37.2 Å². The molecule has 1 atom stereocenters. The Morgan fingerprint density at radius 2 is 2.13 bits per heavy atom. The number of carbonyl (C=O) groups is 1. The number of nitrogens with zero attached hydrogens (tertiary/aromatic N) is 5. The summed E-state index contributed by atoms with van der Waals surface area (Å²) in [7, 11) is 1.96. The lowest BCUT2D eigenvalue weighted by Crippen LogP contribution is -2.33. The van der Waals surface area contributed by atoms with Gasteiger partial charge in [-0.05, 0) is 49.7 Å². The van der Waals surface area contributed by atoms with Gasteiger partial charge in [-0.2, -0.15) is 18.3 Å². The summed E-state index contributed by atoms with van der Waals surface area (Å²) in [6.45, 7) is 0.838. The zero-order valence-corrected chi connectivity index (χ0v) is 16.3. The van der Waals surface area contributed by atoms with Crippen LogP contribution in [0.1, 0.15) is 30.1 Å². The number of rotatable bonds is 5. The smallest absolute Gasteiger partial charge is 0.353 e. The third-order valence-corrected chi connectivity index (χ3v) is 5.30. The minimum atomic E-state index is -4.52. The van der Waals surface area contributed by atoms with Gasteiger partial charge in [-0.1, -0.05) is 0 Å². The second kappa shape index (κ2) is 7.94. The molecule has 1 N–H and O–H groups in total. The minimum absolute atomic E-state index is 0.0370. The third-order valence-electron chi connectivity index (χ3n) is 5.30. The van der Waals surface area contributed by atoms with Crippen molar-refractivity contribution in [3.8, 4) is 5.69 Å². The van der Waals surface area contributed by atoms with Crippen molar-refractivity contribution >= 4 is 11.6 Å². The molecule has 0 saturated carbocycles. The zero-order chi connectivity index (χ0) is 21.3. The molecule has 3 aromatic rings. The van der Waals surface area contributed by atoms with Gasteiger partial charge in [0.1, 0.15) is 12.7 Å². The van der Waals surface area contributed by atoms with E-state index in [9.17, 15) is 18.0 Å². The van der Waals surface area contributed by atoms with Crippen LogP contribution in [-0.4, -0.2) is 43.2 Å². The Hall–Kier alpha value is -3.14. The summed E-state index contributed by atoms with van der Waals surface area (Å²) in [4.78, 5) is 18.6. The van der Waals surface area contributed by atoms with Gasteiger partial charge in [0.15, 0.2) is 0 Å². The van der Waals surface area contributed by atoms with Crippen molar-refractivity contribution in [3.63, 3.8) is 0 Å². The quantitative estimate of drug-likeness (QED) is 0.690. The first-order valence-electron chi connectivity index (χ1n) is 9.54. The van der Waals surface area contributed by atoms with Crippen LogP contribution in [0.15, 0.2) is 49.2 Å². The number of carbonyl (C=O) groups excluding carboxylic acids is 1. The first-order chi connectivity index (χ1) is 14.3. The standard InChI is InChI=1S/C20H21F3N6O/c1-27-8-2-4-17(27)18-5-3-9-28(18)11-19(30)26-15-10-14(20(21,22)23)6-7-16(15)29-13-24-12-25-29/h2,4,6-8,10,12-13,18H,3,5,9,11H2,1H3,(H,26,30)/t18-/m0/s1. The molecule has 4 rings (SSSR count). The Kier molecular flexibility index (Phi) is 5.33. The number of hydrogen-bond acceptors (Lipinski definition) is 4. The average Bonchev–Trinajstić information content (AvgIpc) is 3.43. The fraction of sp³-hybridized carbons (Fsp3) is 0.350. The molecule has 1 aliphatic heterocycles. The van der Waals surface area contributed by atoms with Crippen LogP contribution in [0.3, 0.4) is 0 Å². The summed E-state index contributed by atoms with van der Waals surface area (Å²) in [5, 5.41) is 6.61. The zero-order valence-electron chi connectivity index (χ0n) is 16.3. The van der Waals surface area contributed by atoms with E-state index in [1.807, 2.05) is 34.8 Å². The van der Waals surface area contributed by atoms with E-state index in [2.05, 4.69) is 15.4 Å². The Morgan fingerprint density at radius 1 is 1.30 bits per heavy atom. The highest BCUT2D eigenvalue weighted by atomic mass is 19.4. The van der Waals surface area contributed by atoms with E-state index in [0.29, 0.717) is 5.69 Å². The van der Waals surface area contributed by atoms with E-state index in [-0.39, 0.29) is 24.2 Å². The van der Waals surface area contributed by atoms with Crippen LogP contribution in [0, 0.1) is 0 Å². The van der Waals surface area contributed by atoms with Gasteiger partial charge in [-0.15, -0.1) is 0 Å². The van der Waals surface area contributed by atoms with Crippen LogP contribution >= 0.6 is 0 Å². The average molecular weight is 418 g/mol. The van der Waals surface area contributed by atoms with Gasteiger partial charge < -0.3 is 9.88 Å². The van der Waals surface area contributed by atoms with Gasteiger partial charge in [0.25, 0.3) is 0 Å². The number of benzene rings is 1. The monoisotopic (exact) mass is 418 g/mol. The van der Waals surface area contributed by atoms with E-state index >= 15 is 0 Å². The fourth-order valence-electron chi connectivity index (χ4n) is 3.89. The van der Waals surface area contributed by atoms with Crippen molar-refractivity contribution in [2.24, 2.45) is 7.05 Å². The molecule has 1 fully saturated rings. The number of likely N-dealkylation sites (tertiary alicyclic amines) is 1. The summed E-state index contributed by atoms with van der Waals surface area (Å²) >= 11 is 0. The molecule has 0 unspecified atom stereocenters. The molecule has 0 radical (unpaired) electrons. The Labute approximate surface area is 171 Å². The van der Waals surface area contributed by atoms with Gasteiger partial charge in [-0.25, -0.2) is 9.67 Å². The molecule has 1 saturated heterocycles. The maximum atomic E-state index is 13.2. The molecule has 10 heteroatoms. The molecule has 0 aliphatic carbocycles. The Morgan fingerprint density at radius 3 is 2.80 bits per heavy atom. The van der Waals surface area contributed by atoms with Crippen LogP contribution in [0.4, 0.5) is 18.9 Å². The number of hydrogen-bond donors (Lipinski definition) is 1. The van der Waals surface area contributed by atoms with Gasteiger partial charge in [0, 0.05) is 18.9 Å². The predicted molar refractivity (Wildman–Crippen MR) is 104 cm³/mol. The lowest BCUT2D eigenvalue weighted by atomic mass is 10.1. The highest BCUT2D eigenvalue weighted by Crippen LogP contribution is 2.34. The SMILES string of the molecule is Cn1cccc1[C@@H]1CCCN1CC(=O)Nc1cc(C(F)(F)F)ccc1-n1cncn1. The maximum Gasteiger partial charge on any atom is 0.416 e. The predicted octanol–water partition coefficient (Wildman–Crippen LogP) is 3.40. The summed E-state index contributed by atoms with van der Waals surface area (Å²) in [6, 6.07) is 7.24. The highest BCUT2D eigenvalue weighted by Gasteiger charge is 2.32. The second-order valence-electron chi connectivity index (χ2n) is 7.29. The second-order valence-corrected chi connectivity index (χ2v) is 7.29. The molecule has 7 nitrogen and oxygen atoms in total. The van der Waals surface area contributed by atoms with E-state index in [1.54, 1.807) is 0 Å². The molecule has 0 bridgehead atoms. The topological polar surface area (TPSA) is 68.0 Å². The van der Waals surface area contributed by atoms with E-state index in [4.69, 9.17) is 0 Å². The van der Waals surface area contributed by atoms with Crippen LogP contribution in [0.25, 0.3) is 5.69 Å². The highest BCUT2D eigenvalue weighted by molar-refractivity contribution is 5.94. The first-order valence-corrected chi connectivity index (χ1v) is 9.54. The van der Waals surface area contributed by atoms with Crippen molar-refractivity contribution in [2.75, 3.05) is 18.4 Å². The molecule has 2 aromatic heterocycles. The molecule has 1 amide bonds. The van der Waals surface area contributed by atoms with E-state index < -0.39 is 11.7 Å². The minimum Gasteiger partial charge on any atom is -0.353 e. The van der Waals surface area contributed by atoms with Gasteiger partial charge >= 0.3 is 6.18 Å². The summed E-state index contributed by atoms with van der Waals surface area (Å²) < 4.78 is 42.9. The van der Waals surface area contributed by atoms with Crippen LogP contribution in [0.5, 0.6) is 0 Å². The van der Waals surface area contributed by atoms with Crippen molar-refractivity contribution < 1.29 is 18.0 Å². The number of anilines is 1. The lowest BCUT2D eigenvalue weighted by Gasteiger charge is -2.25. The fourth-order valence-corrected chi connectivity index (χ4v) is 3.89. The molecule has 1 aromatic carbocycles. The number of halogens is 3. The molecule has 0 spiro atoms. The van der Waals surface area contributed by atoms with Gasteiger partial charge in [0.2, 0.25) is 5.91 Å². The molecule has 158 valence electrons. The van der Waals surface area contributed by atoms with Gasteiger partial charge in [0.05, 0.1) is 29.5 Å². The lowest BCUT2D eigenvalue weighted by molar-refractivity contribution is -0.137. The first kappa shape index (κ1) is 20.1. The van der Waals surface area contributed by atoms with Gasteiger partial charge in [-0.3, -0.25) is 9.69 Å². The maximum absolute atomic E-state index is 13.2.